The molecule has 0 spiro atoms. The molecule has 5 heteroatoms. The third-order valence-electron chi connectivity index (χ3n) is 4.37. The third-order valence-corrected chi connectivity index (χ3v) is 4.37. The minimum Gasteiger partial charge on any atom is -0.356 e. The van der Waals surface area contributed by atoms with Gasteiger partial charge in [0, 0.05) is 17.2 Å². The molecule has 1 aromatic heterocycles. The Bertz CT molecular complexity index is 1070. The van der Waals surface area contributed by atoms with Crippen LogP contribution in [0.2, 0.25) is 0 Å². The first-order valence-electron chi connectivity index (χ1n) is 8.84. The number of hydrogen-bond acceptors (Lipinski definition) is 3. The van der Waals surface area contributed by atoms with E-state index < -0.39 is 0 Å². The van der Waals surface area contributed by atoms with E-state index in [0.717, 1.165) is 16.7 Å². The minimum absolute atomic E-state index is 0.224. The molecular weight excluding hydrogens is 355 g/mol. The molecule has 1 amide bonds. The minimum atomic E-state index is -0.379. The molecule has 138 valence electrons. The number of rotatable bonds is 5. The highest BCUT2D eigenvalue weighted by Gasteiger charge is 2.10. The van der Waals surface area contributed by atoms with Gasteiger partial charge in [0.2, 0.25) is 0 Å². The van der Waals surface area contributed by atoms with Crippen molar-refractivity contribution in [1.29, 1.82) is 0 Å². The van der Waals surface area contributed by atoms with Crippen molar-refractivity contribution in [2.75, 3.05) is 0 Å². The van der Waals surface area contributed by atoms with Crippen LogP contribution in [0.1, 0.15) is 16.1 Å². The van der Waals surface area contributed by atoms with Crippen LogP contribution >= 0.6 is 0 Å². The highest BCUT2D eigenvalue weighted by Crippen LogP contribution is 2.25. The topological polar surface area (TPSA) is 55.1 Å². The predicted octanol–water partition coefficient (Wildman–Crippen LogP) is 5.08. The molecule has 1 N–H and O–H groups in total. The molecule has 0 radical (unpaired) electrons. The monoisotopic (exact) mass is 372 g/mol. The number of nitrogens with one attached hydrogen (secondary N) is 1. The van der Waals surface area contributed by atoms with E-state index in [1.54, 1.807) is 6.07 Å². The van der Waals surface area contributed by atoms with Gasteiger partial charge in [-0.1, -0.05) is 59.8 Å². The van der Waals surface area contributed by atoms with Crippen LogP contribution in [-0.4, -0.2) is 11.1 Å². The molecule has 0 saturated heterocycles. The van der Waals surface area contributed by atoms with E-state index in [9.17, 15) is 9.18 Å². The number of benzene rings is 3. The molecule has 4 rings (SSSR count). The van der Waals surface area contributed by atoms with Gasteiger partial charge in [0.05, 0.1) is 6.54 Å². The Balaban J connectivity index is 1.41. The van der Waals surface area contributed by atoms with Gasteiger partial charge in [-0.15, -0.1) is 0 Å². The average Bonchev–Trinajstić information content (AvgIpc) is 3.22. The van der Waals surface area contributed by atoms with E-state index in [0.29, 0.717) is 17.0 Å². The maximum Gasteiger partial charge on any atom is 0.251 e. The number of hydrogen-bond donors (Lipinski definition) is 1. The van der Waals surface area contributed by atoms with Gasteiger partial charge in [-0.2, -0.15) is 0 Å². The summed E-state index contributed by atoms with van der Waals surface area (Å²) in [6.07, 6.45) is 0. The first-order chi connectivity index (χ1) is 13.7. The van der Waals surface area contributed by atoms with Gasteiger partial charge in [-0.25, -0.2) is 4.39 Å². The molecule has 4 aromatic rings. The van der Waals surface area contributed by atoms with E-state index in [4.69, 9.17) is 4.52 Å². The zero-order valence-electron chi connectivity index (χ0n) is 14.9. The fraction of sp³-hybridized carbons (Fsp3) is 0.0435. The number of carbonyl (C=O) groups excluding carboxylic acids is 1. The summed E-state index contributed by atoms with van der Waals surface area (Å²) >= 11 is 0. The van der Waals surface area contributed by atoms with Crippen molar-refractivity contribution in [1.82, 2.24) is 10.5 Å². The Hall–Kier alpha value is -3.73. The highest BCUT2D eigenvalue weighted by atomic mass is 19.1. The smallest absolute Gasteiger partial charge is 0.251 e. The first-order valence-corrected chi connectivity index (χ1v) is 8.84. The first kappa shape index (κ1) is 17.7. The fourth-order valence-electron chi connectivity index (χ4n) is 2.86. The van der Waals surface area contributed by atoms with Crippen molar-refractivity contribution in [3.05, 3.63) is 102 Å². The number of amides is 1. The quantitative estimate of drug-likeness (QED) is 0.532. The van der Waals surface area contributed by atoms with Crippen LogP contribution in [0, 0.1) is 5.82 Å². The molecular formula is C23H17FN2O2. The van der Waals surface area contributed by atoms with Gasteiger partial charge < -0.3 is 9.84 Å². The largest absolute Gasteiger partial charge is 0.356 e. The fourth-order valence-corrected chi connectivity index (χ4v) is 2.86. The molecule has 1 heterocycles. The summed E-state index contributed by atoms with van der Waals surface area (Å²) in [5, 5.41) is 6.75. The normalized spacial score (nSPS) is 10.6. The molecule has 0 bridgehead atoms. The molecule has 0 saturated carbocycles. The van der Waals surface area contributed by atoms with E-state index in [-0.39, 0.29) is 18.3 Å². The third kappa shape index (κ3) is 3.99. The van der Waals surface area contributed by atoms with Crippen LogP contribution < -0.4 is 5.32 Å². The van der Waals surface area contributed by atoms with E-state index >= 15 is 0 Å². The second-order valence-corrected chi connectivity index (χ2v) is 6.32. The van der Waals surface area contributed by atoms with E-state index in [2.05, 4.69) is 22.6 Å². The maximum absolute atomic E-state index is 12.9. The van der Waals surface area contributed by atoms with Gasteiger partial charge in [0.25, 0.3) is 5.91 Å². The van der Waals surface area contributed by atoms with Crippen molar-refractivity contribution in [2.24, 2.45) is 0 Å². The number of nitrogens with zero attached hydrogens (tertiary/aromatic N) is 1. The number of halogens is 1. The van der Waals surface area contributed by atoms with Gasteiger partial charge >= 0.3 is 0 Å². The van der Waals surface area contributed by atoms with Crippen molar-refractivity contribution >= 4 is 5.91 Å². The lowest BCUT2D eigenvalue weighted by atomic mass is 10.0. The standard InChI is InChI=1S/C23H17FN2O2/c24-20-12-10-19(11-13-20)23(27)25-15-21-14-22(28-26-21)18-8-6-17(7-9-18)16-4-2-1-3-5-16/h1-14H,15H2,(H,25,27). The molecule has 0 aliphatic rings. The van der Waals surface area contributed by atoms with E-state index in [1.807, 2.05) is 42.5 Å². The summed E-state index contributed by atoms with van der Waals surface area (Å²) in [6.45, 7) is 0.224. The SMILES string of the molecule is O=C(NCc1cc(-c2ccc(-c3ccccc3)cc2)on1)c1ccc(F)cc1. The summed E-state index contributed by atoms with van der Waals surface area (Å²) in [4.78, 5) is 12.1. The van der Waals surface area contributed by atoms with Gasteiger partial charge in [0.15, 0.2) is 5.76 Å². The Morgan fingerprint density at radius 2 is 1.50 bits per heavy atom. The van der Waals surface area contributed by atoms with Crippen LogP contribution in [0.3, 0.4) is 0 Å². The van der Waals surface area contributed by atoms with Crippen LogP contribution in [0.5, 0.6) is 0 Å². The Morgan fingerprint density at radius 3 is 2.21 bits per heavy atom. The molecule has 0 aliphatic carbocycles. The van der Waals surface area contributed by atoms with Crippen molar-refractivity contribution in [3.8, 4) is 22.5 Å². The predicted molar refractivity (Wildman–Crippen MR) is 105 cm³/mol. The van der Waals surface area contributed by atoms with Crippen LogP contribution in [0.15, 0.2) is 89.5 Å². The van der Waals surface area contributed by atoms with Crippen LogP contribution in [0.4, 0.5) is 4.39 Å². The van der Waals surface area contributed by atoms with Crippen molar-refractivity contribution < 1.29 is 13.7 Å². The Morgan fingerprint density at radius 1 is 0.857 bits per heavy atom. The number of aromatic nitrogens is 1. The van der Waals surface area contributed by atoms with E-state index in [1.165, 1.54) is 24.3 Å². The molecule has 0 unspecified atom stereocenters. The molecule has 0 fully saturated rings. The molecule has 0 aliphatic heterocycles. The number of carbonyl (C=O) groups is 1. The second kappa shape index (κ2) is 7.88. The maximum atomic E-state index is 12.9. The van der Waals surface area contributed by atoms with Crippen molar-refractivity contribution in [2.45, 2.75) is 6.54 Å². The summed E-state index contributed by atoms with van der Waals surface area (Å²) in [5.41, 5.74) is 4.17. The highest BCUT2D eigenvalue weighted by molar-refractivity contribution is 5.94. The lowest BCUT2D eigenvalue weighted by Crippen LogP contribution is -2.22. The van der Waals surface area contributed by atoms with Crippen LogP contribution in [-0.2, 0) is 6.54 Å². The summed E-state index contributed by atoms with van der Waals surface area (Å²) < 4.78 is 18.3. The zero-order valence-corrected chi connectivity index (χ0v) is 14.9. The lowest BCUT2D eigenvalue weighted by molar-refractivity contribution is 0.0950. The zero-order chi connectivity index (χ0) is 19.3. The van der Waals surface area contributed by atoms with Gasteiger partial charge in [-0.05, 0) is 35.4 Å². The molecule has 0 atom stereocenters. The summed E-state index contributed by atoms with van der Waals surface area (Å²) in [5.74, 6) is -0.0432. The lowest BCUT2D eigenvalue weighted by Gasteiger charge is -2.02. The van der Waals surface area contributed by atoms with Gasteiger partial charge in [0.1, 0.15) is 11.5 Å². The molecule has 3 aromatic carbocycles. The second-order valence-electron chi connectivity index (χ2n) is 6.32. The van der Waals surface area contributed by atoms with Gasteiger partial charge in [-0.3, -0.25) is 4.79 Å². The summed E-state index contributed by atoms with van der Waals surface area (Å²) in [7, 11) is 0. The molecule has 28 heavy (non-hydrogen) atoms. The Labute approximate surface area is 161 Å². The Kier molecular flexibility index (Phi) is 4.97. The molecule has 4 nitrogen and oxygen atoms in total. The average molecular weight is 372 g/mol. The van der Waals surface area contributed by atoms with Crippen LogP contribution in [0.25, 0.3) is 22.5 Å². The van der Waals surface area contributed by atoms with Crippen molar-refractivity contribution in [3.63, 3.8) is 0 Å². The summed E-state index contributed by atoms with van der Waals surface area (Å²) in [6, 6.07) is 25.3.